The Kier molecular flexibility index (Phi) is 4.50. The smallest absolute Gasteiger partial charge is 0.152 e. The minimum Gasteiger partial charge on any atom is -0.321 e. The number of nitrogens with two attached hydrogens (primary N) is 1. The number of aromatic nitrogens is 1. The van der Waals surface area contributed by atoms with Crippen molar-refractivity contribution in [1.29, 1.82) is 0 Å². The van der Waals surface area contributed by atoms with Gasteiger partial charge in [-0.15, -0.1) is 0 Å². The van der Waals surface area contributed by atoms with Gasteiger partial charge in [0.25, 0.3) is 0 Å². The maximum absolute atomic E-state index is 12.3. The third-order valence-corrected chi connectivity index (χ3v) is 3.99. The Bertz CT molecular complexity index is 601. The largest absolute Gasteiger partial charge is 0.321 e. The molecule has 0 spiro atoms. The van der Waals surface area contributed by atoms with Crippen LogP contribution in [0.15, 0.2) is 36.5 Å². The van der Waals surface area contributed by atoms with E-state index >= 15 is 0 Å². The van der Waals surface area contributed by atoms with Crippen molar-refractivity contribution in [2.45, 2.75) is 33.2 Å². The van der Waals surface area contributed by atoms with Gasteiger partial charge in [-0.3, -0.25) is 9.78 Å². The standard InChI is InChI=1S/C17H22N2O/c1-11(2)12(3)17(20)15(18)10-13-6-4-8-16-14(13)7-5-9-19-16/h4-9,11-12,15H,10,18H2,1-3H3/t12?,15-/m0/s1. The normalized spacial score (nSPS) is 14.4. The van der Waals surface area contributed by atoms with E-state index in [1.165, 1.54) is 0 Å². The van der Waals surface area contributed by atoms with E-state index in [0.717, 1.165) is 16.5 Å². The Morgan fingerprint density at radius 2 is 1.95 bits per heavy atom. The number of carbonyl (C=O) groups is 1. The first-order chi connectivity index (χ1) is 9.50. The van der Waals surface area contributed by atoms with Gasteiger partial charge in [0, 0.05) is 17.5 Å². The summed E-state index contributed by atoms with van der Waals surface area (Å²) in [5, 5.41) is 1.08. The highest BCUT2D eigenvalue weighted by Crippen LogP contribution is 2.19. The van der Waals surface area contributed by atoms with E-state index in [1.807, 2.05) is 37.3 Å². The molecule has 1 unspecified atom stereocenters. The molecule has 2 aromatic rings. The second-order valence-corrected chi connectivity index (χ2v) is 5.73. The molecule has 3 heteroatoms. The summed E-state index contributed by atoms with van der Waals surface area (Å²) in [6.45, 7) is 6.06. The molecule has 0 aliphatic carbocycles. The van der Waals surface area contributed by atoms with Crippen molar-refractivity contribution < 1.29 is 4.79 Å². The monoisotopic (exact) mass is 270 g/mol. The van der Waals surface area contributed by atoms with Gasteiger partial charge >= 0.3 is 0 Å². The summed E-state index contributed by atoms with van der Waals surface area (Å²) in [6.07, 6.45) is 2.34. The van der Waals surface area contributed by atoms with Crippen LogP contribution in [0.25, 0.3) is 10.9 Å². The van der Waals surface area contributed by atoms with Crippen LogP contribution in [0, 0.1) is 11.8 Å². The van der Waals surface area contributed by atoms with Crippen LogP contribution in [0.1, 0.15) is 26.3 Å². The van der Waals surface area contributed by atoms with Gasteiger partial charge in [0.05, 0.1) is 11.6 Å². The SMILES string of the molecule is CC(C)C(C)C(=O)[C@@H](N)Cc1cccc2ncccc12. The van der Waals surface area contributed by atoms with Gasteiger partial charge < -0.3 is 5.73 Å². The van der Waals surface area contributed by atoms with Crippen LogP contribution in [0.2, 0.25) is 0 Å². The fourth-order valence-electron chi connectivity index (χ4n) is 2.35. The number of benzene rings is 1. The highest BCUT2D eigenvalue weighted by molar-refractivity contribution is 5.88. The fourth-order valence-corrected chi connectivity index (χ4v) is 2.35. The molecule has 20 heavy (non-hydrogen) atoms. The summed E-state index contributed by atoms with van der Waals surface area (Å²) >= 11 is 0. The average molecular weight is 270 g/mol. The quantitative estimate of drug-likeness (QED) is 0.908. The van der Waals surface area contributed by atoms with Crippen molar-refractivity contribution in [3.05, 3.63) is 42.1 Å². The van der Waals surface area contributed by atoms with Crippen LogP contribution in [0.5, 0.6) is 0 Å². The van der Waals surface area contributed by atoms with E-state index in [9.17, 15) is 4.79 Å². The summed E-state index contributed by atoms with van der Waals surface area (Å²) in [7, 11) is 0. The van der Waals surface area contributed by atoms with Crippen molar-refractivity contribution in [1.82, 2.24) is 4.98 Å². The molecular formula is C17H22N2O. The zero-order valence-electron chi connectivity index (χ0n) is 12.3. The first-order valence-electron chi connectivity index (χ1n) is 7.12. The Morgan fingerprint density at radius 3 is 2.65 bits per heavy atom. The number of ketones is 1. The summed E-state index contributed by atoms with van der Waals surface area (Å²) < 4.78 is 0. The zero-order valence-corrected chi connectivity index (χ0v) is 12.3. The van der Waals surface area contributed by atoms with Gasteiger partial charge in [-0.1, -0.05) is 39.0 Å². The molecule has 0 aliphatic rings. The topological polar surface area (TPSA) is 56.0 Å². The van der Waals surface area contributed by atoms with Crippen LogP contribution in [0.4, 0.5) is 0 Å². The van der Waals surface area contributed by atoms with Crippen molar-refractivity contribution in [2.75, 3.05) is 0 Å². The number of carbonyl (C=O) groups excluding carboxylic acids is 1. The van der Waals surface area contributed by atoms with Crippen LogP contribution in [-0.2, 0) is 11.2 Å². The lowest BCUT2D eigenvalue weighted by Gasteiger charge is -2.19. The summed E-state index contributed by atoms with van der Waals surface area (Å²) in [5.74, 6) is 0.460. The average Bonchev–Trinajstić information content (AvgIpc) is 2.46. The molecule has 0 saturated carbocycles. The molecule has 2 atom stereocenters. The van der Waals surface area contributed by atoms with Gasteiger partial charge in [-0.05, 0) is 30.0 Å². The molecule has 0 saturated heterocycles. The fraction of sp³-hybridized carbons (Fsp3) is 0.412. The summed E-state index contributed by atoms with van der Waals surface area (Å²) in [4.78, 5) is 16.6. The highest BCUT2D eigenvalue weighted by atomic mass is 16.1. The van der Waals surface area contributed by atoms with Crippen LogP contribution < -0.4 is 5.73 Å². The molecule has 0 amide bonds. The molecule has 0 bridgehead atoms. The molecule has 3 nitrogen and oxygen atoms in total. The molecule has 2 N–H and O–H groups in total. The predicted octanol–water partition coefficient (Wildman–Crippen LogP) is 2.97. The maximum Gasteiger partial charge on any atom is 0.152 e. The predicted molar refractivity (Wildman–Crippen MR) is 82.4 cm³/mol. The van der Waals surface area contributed by atoms with Crippen molar-refractivity contribution in [3.8, 4) is 0 Å². The maximum atomic E-state index is 12.3. The van der Waals surface area contributed by atoms with Crippen LogP contribution in [-0.4, -0.2) is 16.8 Å². The highest BCUT2D eigenvalue weighted by Gasteiger charge is 2.23. The van der Waals surface area contributed by atoms with Gasteiger partial charge in [0.2, 0.25) is 0 Å². The van der Waals surface area contributed by atoms with Crippen molar-refractivity contribution in [2.24, 2.45) is 17.6 Å². The molecule has 0 aliphatic heterocycles. The van der Waals surface area contributed by atoms with Crippen molar-refractivity contribution >= 4 is 16.7 Å². The lowest BCUT2D eigenvalue weighted by atomic mass is 9.87. The molecule has 1 aromatic carbocycles. The van der Waals surface area contributed by atoms with E-state index in [1.54, 1.807) is 6.20 Å². The number of rotatable bonds is 5. The Balaban J connectivity index is 2.22. The third-order valence-electron chi connectivity index (χ3n) is 3.99. The molecule has 1 heterocycles. The Hall–Kier alpha value is -1.74. The number of Topliss-reactive ketones (excluding diaryl/α,β-unsaturated/α-hetero) is 1. The van der Waals surface area contributed by atoms with Gasteiger partial charge in [-0.25, -0.2) is 0 Å². The minimum absolute atomic E-state index is 0.00176. The molecule has 2 rings (SSSR count). The van der Waals surface area contributed by atoms with E-state index in [2.05, 4.69) is 18.8 Å². The van der Waals surface area contributed by atoms with E-state index in [4.69, 9.17) is 5.73 Å². The van der Waals surface area contributed by atoms with Gasteiger partial charge in [0.1, 0.15) is 0 Å². The molecule has 1 aromatic heterocycles. The van der Waals surface area contributed by atoms with Crippen molar-refractivity contribution in [3.63, 3.8) is 0 Å². The first kappa shape index (κ1) is 14.7. The number of fused-ring (bicyclic) bond motifs is 1. The Labute approximate surface area is 120 Å². The van der Waals surface area contributed by atoms with E-state index < -0.39 is 6.04 Å². The molecular weight excluding hydrogens is 248 g/mol. The summed E-state index contributed by atoms with van der Waals surface area (Å²) in [6, 6.07) is 9.46. The van der Waals surface area contributed by atoms with Crippen LogP contribution in [0.3, 0.4) is 0 Å². The molecule has 0 fully saturated rings. The summed E-state index contributed by atoms with van der Waals surface area (Å²) in [5.41, 5.74) is 8.15. The second kappa shape index (κ2) is 6.14. The number of hydrogen-bond donors (Lipinski definition) is 1. The van der Waals surface area contributed by atoms with E-state index in [-0.39, 0.29) is 11.7 Å². The number of nitrogens with zero attached hydrogens (tertiary/aromatic N) is 1. The van der Waals surface area contributed by atoms with E-state index in [0.29, 0.717) is 12.3 Å². The number of pyridine rings is 1. The first-order valence-corrected chi connectivity index (χ1v) is 7.12. The number of hydrogen-bond acceptors (Lipinski definition) is 3. The van der Waals surface area contributed by atoms with Gasteiger partial charge in [0.15, 0.2) is 5.78 Å². The molecule has 0 radical (unpaired) electrons. The van der Waals surface area contributed by atoms with Gasteiger partial charge in [-0.2, -0.15) is 0 Å². The lowest BCUT2D eigenvalue weighted by Crippen LogP contribution is -2.38. The molecule has 106 valence electrons. The third kappa shape index (κ3) is 3.05. The second-order valence-electron chi connectivity index (χ2n) is 5.73. The Morgan fingerprint density at radius 1 is 1.20 bits per heavy atom. The zero-order chi connectivity index (χ0) is 14.7. The van der Waals surface area contributed by atoms with Crippen LogP contribution >= 0.6 is 0 Å². The lowest BCUT2D eigenvalue weighted by molar-refractivity contribution is -0.124. The minimum atomic E-state index is -0.446.